The normalized spacial score (nSPS) is 13.3. The summed E-state index contributed by atoms with van der Waals surface area (Å²) in [5.41, 5.74) is 0.674. The third kappa shape index (κ3) is 3.41. The zero-order valence-electron chi connectivity index (χ0n) is 11.2. The molecule has 0 aliphatic heterocycles. The number of hydrogen-bond donors (Lipinski definition) is 0. The van der Waals surface area contributed by atoms with E-state index in [-0.39, 0.29) is 0 Å². The van der Waals surface area contributed by atoms with Crippen LogP contribution in [0.25, 0.3) is 0 Å². The molecule has 0 saturated carbocycles. The molecule has 86 valence electrons. The van der Waals surface area contributed by atoms with Crippen molar-refractivity contribution >= 4 is 8.07 Å². The Kier molecular flexibility index (Phi) is 6.04. The largest absolute Gasteiger partial charge is 0.0691 e. The summed E-state index contributed by atoms with van der Waals surface area (Å²) >= 11 is 0. The van der Waals surface area contributed by atoms with Crippen LogP contribution < -0.4 is 0 Å². The summed E-state index contributed by atoms with van der Waals surface area (Å²) in [6.45, 7) is 14.6. The Morgan fingerprint density at radius 3 is 1.36 bits per heavy atom. The average molecular weight is 214 g/mol. The van der Waals surface area contributed by atoms with Gasteiger partial charge in [-0.2, -0.15) is 0 Å². The predicted octanol–water partition coefficient (Wildman–Crippen LogP) is 5.32. The summed E-state index contributed by atoms with van der Waals surface area (Å²) in [4.78, 5) is 0. The maximum Gasteiger partial charge on any atom is 0.0504 e. The van der Waals surface area contributed by atoms with Crippen molar-refractivity contribution in [2.24, 2.45) is 5.41 Å². The van der Waals surface area contributed by atoms with Crippen LogP contribution in [-0.4, -0.2) is 8.07 Å². The van der Waals surface area contributed by atoms with Gasteiger partial charge in [0, 0.05) is 0 Å². The molecule has 0 heterocycles. The van der Waals surface area contributed by atoms with E-state index in [2.05, 4.69) is 41.2 Å². The lowest BCUT2D eigenvalue weighted by molar-refractivity contribution is 0.281. The smallest absolute Gasteiger partial charge is 0.0504 e. The van der Waals surface area contributed by atoms with Gasteiger partial charge in [0.1, 0.15) is 0 Å². The molecule has 0 amide bonds. The molecule has 0 rings (SSSR count). The standard InChI is InChI=1S/C13H30Si/c1-7-13(8-2,9-3)12-14(6,10-4)11-5/h7-12H2,1-6H3. The summed E-state index contributed by atoms with van der Waals surface area (Å²) in [5.74, 6) is 0. The maximum absolute atomic E-state index is 2.60. The zero-order valence-corrected chi connectivity index (χ0v) is 12.2. The zero-order chi connectivity index (χ0) is 11.2. The van der Waals surface area contributed by atoms with E-state index >= 15 is 0 Å². The van der Waals surface area contributed by atoms with Crippen LogP contribution in [0.3, 0.4) is 0 Å². The molecule has 0 radical (unpaired) electrons. The van der Waals surface area contributed by atoms with Gasteiger partial charge in [-0.3, -0.25) is 0 Å². The minimum absolute atomic E-state index is 0.674. The van der Waals surface area contributed by atoms with Crippen LogP contribution >= 0.6 is 0 Å². The Balaban J connectivity index is 4.56. The highest BCUT2D eigenvalue weighted by Crippen LogP contribution is 2.41. The van der Waals surface area contributed by atoms with Crippen molar-refractivity contribution in [3.63, 3.8) is 0 Å². The molecule has 14 heavy (non-hydrogen) atoms. The van der Waals surface area contributed by atoms with E-state index in [1.54, 1.807) is 6.04 Å². The highest BCUT2D eigenvalue weighted by Gasteiger charge is 2.34. The highest BCUT2D eigenvalue weighted by atomic mass is 28.3. The van der Waals surface area contributed by atoms with Gasteiger partial charge in [0.15, 0.2) is 0 Å². The maximum atomic E-state index is 2.60. The topological polar surface area (TPSA) is 0 Å². The van der Waals surface area contributed by atoms with E-state index in [4.69, 9.17) is 0 Å². The molecule has 1 heteroatoms. The Morgan fingerprint density at radius 1 is 0.786 bits per heavy atom. The Labute approximate surface area is 92.5 Å². The second-order valence-corrected chi connectivity index (χ2v) is 10.6. The van der Waals surface area contributed by atoms with Crippen LogP contribution in [0.5, 0.6) is 0 Å². The van der Waals surface area contributed by atoms with Gasteiger partial charge in [-0.25, -0.2) is 0 Å². The first-order valence-corrected chi connectivity index (χ1v) is 9.63. The van der Waals surface area contributed by atoms with Gasteiger partial charge in [0.05, 0.1) is 8.07 Å². The van der Waals surface area contributed by atoms with Gasteiger partial charge in [0.25, 0.3) is 0 Å². The lowest BCUT2D eigenvalue weighted by atomic mass is 9.82. The predicted molar refractivity (Wildman–Crippen MR) is 70.7 cm³/mol. The molecule has 0 bridgehead atoms. The van der Waals surface area contributed by atoms with Crippen LogP contribution in [0.1, 0.15) is 53.9 Å². The second-order valence-electron chi connectivity index (χ2n) is 5.26. The highest BCUT2D eigenvalue weighted by molar-refractivity contribution is 6.78. The van der Waals surface area contributed by atoms with Gasteiger partial charge in [-0.1, -0.05) is 78.6 Å². The molecule has 0 aromatic rings. The van der Waals surface area contributed by atoms with Crippen LogP contribution in [-0.2, 0) is 0 Å². The summed E-state index contributed by atoms with van der Waals surface area (Å²) in [6.07, 6.45) is 4.13. The van der Waals surface area contributed by atoms with Crippen LogP contribution in [0.4, 0.5) is 0 Å². The van der Waals surface area contributed by atoms with Crippen molar-refractivity contribution in [2.45, 2.75) is 78.6 Å². The van der Waals surface area contributed by atoms with E-state index in [1.165, 1.54) is 31.4 Å². The van der Waals surface area contributed by atoms with Crippen LogP contribution in [0.15, 0.2) is 0 Å². The third-order valence-corrected chi connectivity index (χ3v) is 9.78. The SMILES string of the molecule is CCC(CC)(CC)C[Si](C)(CC)CC. The van der Waals surface area contributed by atoms with Gasteiger partial charge in [0.2, 0.25) is 0 Å². The summed E-state index contributed by atoms with van der Waals surface area (Å²) in [6, 6.07) is 4.48. The molecule has 0 atom stereocenters. The minimum atomic E-state index is -0.896. The van der Waals surface area contributed by atoms with E-state index in [0.717, 1.165) is 0 Å². The van der Waals surface area contributed by atoms with Crippen LogP contribution in [0.2, 0.25) is 24.7 Å². The van der Waals surface area contributed by atoms with Gasteiger partial charge >= 0.3 is 0 Å². The van der Waals surface area contributed by atoms with Crippen molar-refractivity contribution in [1.82, 2.24) is 0 Å². The van der Waals surface area contributed by atoms with E-state index in [1.807, 2.05) is 0 Å². The molecule has 0 nitrogen and oxygen atoms in total. The molecule has 0 aliphatic carbocycles. The molecule has 0 unspecified atom stereocenters. The first-order valence-electron chi connectivity index (χ1n) is 6.51. The quantitative estimate of drug-likeness (QED) is 0.503. The van der Waals surface area contributed by atoms with Gasteiger partial charge in [-0.15, -0.1) is 0 Å². The molecule has 0 N–H and O–H groups in total. The number of rotatable bonds is 7. The van der Waals surface area contributed by atoms with Crippen molar-refractivity contribution < 1.29 is 0 Å². The van der Waals surface area contributed by atoms with E-state index in [0.29, 0.717) is 5.41 Å². The summed E-state index contributed by atoms with van der Waals surface area (Å²) in [5, 5.41) is 0. The third-order valence-electron chi connectivity index (χ3n) is 4.76. The first-order chi connectivity index (χ1) is 6.51. The molecule has 0 aromatic heterocycles. The molecular formula is C13H30Si. The minimum Gasteiger partial charge on any atom is -0.0691 e. The molecule has 0 saturated heterocycles. The van der Waals surface area contributed by atoms with Gasteiger partial charge < -0.3 is 0 Å². The summed E-state index contributed by atoms with van der Waals surface area (Å²) < 4.78 is 0. The lowest BCUT2D eigenvalue weighted by Gasteiger charge is -2.39. The van der Waals surface area contributed by atoms with Crippen molar-refractivity contribution in [3.8, 4) is 0 Å². The Morgan fingerprint density at radius 2 is 1.14 bits per heavy atom. The monoisotopic (exact) mass is 214 g/mol. The Hall–Kier alpha value is 0.217. The fraction of sp³-hybridized carbons (Fsp3) is 1.00. The van der Waals surface area contributed by atoms with E-state index in [9.17, 15) is 0 Å². The second kappa shape index (κ2) is 5.94. The number of hydrogen-bond acceptors (Lipinski definition) is 0. The molecule has 0 spiro atoms. The molecule has 0 aliphatic rings. The molecular weight excluding hydrogens is 184 g/mol. The van der Waals surface area contributed by atoms with Crippen molar-refractivity contribution in [2.75, 3.05) is 0 Å². The first kappa shape index (κ1) is 14.2. The van der Waals surface area contributed by atoms with Gasteiger partial charge in [-0.05, 0) is 5.41 Å². The fourth-order valence-electron chi connectivity index (χ4n) is 2.53. The Bertz CT molecular complexity index is 135. The molecule has 0 fully saturated rings. The average Bonchev–Trinajstić information content (AvgIpc) is 2.26. The van der Waals surface area contributed by atoms with Crippen molar-refractivity contribution in [1.29, 1.82) is 0 Å². The lowest BCUT2D eigenvalue weighted by Crippen LogP contribution is -2.36. The fourth-order valence-corrected chi connectivity index (χ4v) is 6.09. The summed E-state index contributed by atoms with van der Waals surface area (Å²) in [7, 11) is -0.896. The van der Waals surface area contributed by atoms with Crippen LogP contribution in [0, 0.1) is 5.41 Å². The molecule has 0 aromatic carbocycles. The van der Waals surface area contributed by atoms with Crippen molar-refractivity contribution in [3.05, 3.63) is 0 Å². The van der Waals surface area contributed by atoms with E-state index < -0.39 is 8.07 Å².